The minimum absolute atomic E-state index is 0.114. The van der Waals surface area contributed by atoms with Crippen molar-refractivity contribution in [3.8, 4) is 5.75 Å². The number of esters is 1. The number of nitrogens with zero attached hydrogens (tertiary/aromatic N) is 1. The molecule has 178 valence electrons. The topological polar surface area (TPSA) is 94.2 Å². The number of thioether (sulfide) groups is 1. The van der Waals surface area contributed by atoms with Gasteiger partial charge in [0.2, 0.25) is 5.91 Å². The molecule has 0 saturated carbocycles. The number of carbonyl (C=O) groups excluding carboxylic acids is 3. The van der Waals surface area contributed by atoms with Crippen molar-refractivity contribution in [2.45, 2.75) is 57.2 Å². The summed E-state index contributed by atoms with van der Waals surface area (Å²) in [5.41, 5.74) is 0.221. The maximum absolute atomic E-state index is 13.2. The minimum Gasteiger partial charge on any atom is -0.496 e. The zero-order valence-corrected chi connectivity index (χ0v) is 20.5. The van der Waals surface area contributed by atoms with Crippen LogP contribution in [0, 0.1) is 0 Å². The molecule has 0 aliphatic carbocycles. The van der Waals surface area contributed by atoms with Crippen molar-refractivity contribution >= 4 is 29.7 Å². The molecule has 1 aliphatic rings. The summed E-state index contributed by atoms with van der Waals surface area (Å²) < 4.78 is 15.9. The Kier molecular flexibility index (Phi) is 9.24. The molecule has 0 spiro atoms. The molecular formula is C23H34N2O6S. The van der Waals surface area contributed by atoms with Gasteiger partial charge in [0.25, 0.3) is 0 Å². The van der Waals surface area contributed by atoms with Crippen LogP contribution in [0.25, 0.3) is 0 Å². The molecule has 0 aromatic heterocycles. The van der Waals surface area contributed by atoms with Crippen LogP contribution < -0.4 is 10.1 Å². The van der Waals surface area contributed by atoms with Gasteiger partial charge in [0.05, 0.1) is 14.2 Å². The average molecular weight is 467 g/mol. The quantitative estimate of drug-likeness (QED) is 0.588. The van der Waals surface area contributed by atoms with E-state index in [2.05, 4.69) is 5.32 Å². The summed E-state index contributed by atoms with van der Waals surface area (Å²) in [4.78, 5) is 39.8. The molecule has 1 aromatic carbocycles. The maximum Gasteiger partial charge on any atom is 0.410 e. The van der Waals surface area contributed by atoms with Crippen molar-refractivity contribution in [1.29, 1.82) is 0 Å². The Labute approximate surface area is 194 Å². The third-order valence-corrected chi connectivity index (χ3v) is 5.87. The predicted molar refractivity (Wildman–Crippen MR) is 124 cm³/mol. The number of para-hydroxylation sites is 1. The van der Waals surface area contributed by atoms with Gasteiger partial charge in [-0.2, -0.15) is 11.8 Å². The summed E-state index contributed by atoms with van der Waals surface area (Å²) in [5.74, 6) is 0.372. The van der Waals surface area contributed by atoms with E-state index in [0.717, 1.165) is 5.56 Å². The van der Waals surface area contributed by atoms with Gasteiger partial charge in [-0.1, -0.05) is 18.2 Å². The fourth-order valence-electron chi connectivity index (χ4n) is 3.73. The molecule has 8 nitrogen and oxygen atoms in total. The van der Waals surface area contributed by atoms with Gasteiger partial charge >= 0.3 is 12.1 Å². The molecule has 9 heteroatoms. The molecule has 1 N–H and O–H groups in total. The Morgan fingerprint density at radius 1 is 1.22 bits per heavy atom. The van der Waals surface area contributed by atoms with E-state index in [1.54, 1.807) is 39.6 Å². The van der Waals surface area contributed by atoms with Gasteiger partial charge < -0.3 is 19.5 Å². The number of rotatable bonds is 8. The first-order valence-corrected chi connectivity index (χ1v) is 12.0. The molecule has 1 fully saturated rings. The summed E-state index contributed by atoms with van der Waals surface area (Å²) in [6.07, 6.45) is 2.19. The molecule has 1 aliphatic heterocycles. The summed E-state index contributed by atoms with van der Waals surface area (Å²) >= 11 is 1.57. The smallest absolute Gasteiger partial charge is 0.410 e. The summed E-state index contributed by atoms with van der Waals surface area (Å²) in [5, 5.41) is 2.79. The molecule has 0 bridgehead atoms. The molecule has 32 heavy (non-hydrogen) atoms. The Morgan fingerprint density at radius 3 is 2.50 bits per heavy atom. The molecule has 0 unspecified atom stereocenters. The molecule has 1 heterocycles. The molecule has 1 aromatic rings. The largest absolute Gasteiger partial charge is 0.496 e. The molecular weight excluding hydrogens is 432 g/mol. The van der Waals surface area contributed by atoms with Gasteiger partial charge in [-0.15, -0.1) is 0 Å². The SMILES string of the molecule is COC(=O)[C@H](CCSC)NC(=O)[C@@H]1C[C@H](c2ccccc2OC)CN1C(=O)OC(C)(C)C. The first-order chi connectivity index (χ1) is 15.1. The van der Waals surface area contributed by atoms with Crippen LogP contribution in [-0.4, -0.2) is 73.3 Å². The van der Waals surface area contributed by atoms with Crippen LogP contribution in [0.5, 0.6) is 5.75 Å². The standard InChI is InChI=1S/C23H34N2O6S/c1-23(2,3)31-22(28)25-14-15(16-9-7-8-10-19(16)29-4)13-18(25)20(26)24-17(11-12-32-6)21(27)30-5/h7-10,15,17-18H,11-14H2,1-6H3,(H,24,26)/t15-,17-,18-/m0/s1. The Bertz CT molecular complexity index is 810. The lowest BCUT2D eigenvalue weighted by molar-refractivity contribution is -0.145. The lowest BCUT2D eigenvalue weighted by Crippen LogP contribution is -2.52. The highest BCUT2D eigenvalue weighted by Gasteiger charge is 2.43. The number of benzene rings is 1. The second kappa shape index (κ2) is 11.4. The van der Waals surface area contributed by atoms with Crippen molar-refractivity contribution < 1.29 is 28.6 Å². The number of nitrogens with one attached hydrogen (secondary N) is 1. The fourth-order valence-corrected chi connectivity index (χ4v) is 4.20. The maximum atomic E-state index is 13.2. The normalized spacial score (nSPS) is 19.2. The van der Waals surface area contributed by atoms with Crippen LogP contribution in [-0.2, 0) is 19.1 Å². The van der Waals surface area contributed by atoms with Gasteiger partial charge in [-0.25, -0.2) is 9.59 Å². The number of hydrogen-bond donors (Lipinski definition) is 1. The second-order valence-electron chi connectivity index (χ2n) is 8.69. The fraction of sp³-hybridized carbons (Fsp3) is 0.609. The van der Waals surface area contributed by atoms with Crippen LogP contribution in [0.1, 0.15) is 45.1 Å². The molecule has 3 atom stereocenters. The highest BCUT2D eigenvalue weighted by Crippen LogP contribution is 2.37. The zero-order valence-electron chi connectivity index (χ0n) is 19.7. The van der Waals surface area contributed by atoms with Crippen molar-refractivity contribution in [3.63, 3.8) is 0 Å². The van der Waals surface area contributed by atoms with Crippen molar-refractivity contribution in [2.75, 3.05) is 32.8 Å². The van der Waals surface area contributed by atoms with E-state index in [0.29, 0.717) is 30.9 Å². The van der Waals surface area contributed by atoms with Crippen molar-refractivity contribution in [1.82, 2.24) is 10.2 Å². The highest BCUT2D eigenvalue weighted by molar-refractivity contribution is 7.98. The average Bonchev–Trinajstić information content (AvgIpc) is 3.20. The molecule has 1 saturated heterocycles. The van der Waals surface area contributed by atoms with E-state index in [1.807, 2.05) is 30.5 Å². The number of methoxy groups -OCH3 is 2. The third-order valence-electron chi connectivity index (χ3n) is 5.22. The third kappa shape index (κ3) is 6.79. The van der Waals surface area contributed by atoms with E-state index in [4.69, 9.17) is 14.2 Å². The highest BCUT2D eigenvalue weighted by atomic mass is 32.2. The van der Waals surface area contributed by atoms with E-state index in [-0.39, 0.29) is 5.92 Å². The lowest BCUT2D eigenvalue weighted by atomic mass is 9.95. The van der Waals surface area contributed by atoms with Crippen LogP contribution in [0.3, 0.4) is 0 Å². The summed E-state index contributed by atoms with van der Waals surface area (Å²) in [7, 11) is 2.89. The van der Waals surface area contributed by atoms with Crippen molar-refractivity contribution in [2.24, 2.45) is 0 Å². The van der Waals surface area contributed by atoms with Gasteiger partial charge in [-0.05, 0) is 57.3 Å². The van der Waals surface area contributed by atoms with Crippen LogP contribution in [0.4, 0.5) is 4.79 Å². The van der Waals surface area contributed by atoms with Crippen molar-refractivity contribution in [3.05, 3.63) is 29.8 Å². The molecule has 2 rings (SSSR count). The first kappa shape index (κ1) is 25.8. The number of likely N-dealkylation sites (tertiary alicyclic amines) is 1. The number of amides is 2. The molecule has 0 radical (unpaired) electrons. The van der Waals surface area contributed by atoms with E-state index < -0.39 is 35.7 Å². The number of hydrogen-bond acceptors (Lipinski definition) is 7. The predicted octanol–water partition coefficient (Wildman–Crippen LogP) is 3.20. The second-order valence-corrected chi connectivity index (χ2v) is 9.67. The van der Waals surface area contributed by atoms with E-state index in [9.17, 15) is 14.4 Å². The Hall–Kier alpha value is -2.42. The zero-order chi connectivity index (χ0) is 23.9. The minimum atomic E-state index is -0.777. The van der Waals surface area contributed by atoms with Gasteiger partial charge in [0, 0.05) is 12.5 Å². The van der Waals surface area contributed by atoms with E-state index >= 15 is 0 Å². The first-order valence-electron chi connectivity index (χ1n) is 10.6. The van der Waals surface area contributed by atoms with Crippen LogP contribution in [0.15, 0.2) is 24.3 Å². The Balaban J connectivity index is 2.29. The monoisotopic (exact) mass is 466 g/mol. The van der Waals surface area contributed by atoms with Crippen LogP contribution in [0.2, 0.25) is 0 Å². The number of carbonyl (C=O) groups is 3. The van der Waals surface area contributed by atoms with Crippen LogP contribution >= 0.6 is 11.8 Å². The van der Waals surface area contributed by atoms with Gasteiger partial charge in [0.15, 0.2) is 0 Å². The van der Waals surface area contributed by atoms with Gasteiger partial charge in [0.1, 0.15) is 23.4 Å². The Morgan fingerprint density at radius 2 is 1.91 bits per heavy atom. The summed E-state index contributed by atoms with van der Waals surface area (Å²) in [6, 6.07) is 6.02. The summed E-state index contributed by atoms with van der Waals surface area (Å²) in [6.45, 7) is 5.65. The number of ether oxygens (including phenoxy) is 3. The van der Waals surface area contributed by atoms with Gasteiger partial charge in [-0.3, -0.25) is 9.69 Å². The lowest BCUT2D eigenvalue weighted by Gasteiger charge is -2.28. The van der Waals surface area contributed by atoms with E-state index in [1.165, 1.54) is 12.0 Å². The molecule has 2 amide bonds.